The molecule has 0 saturated heterocycles. The fourth-order valence-electron chi connectivity index (χ4n) is 2.58. The highest BCUT2D eigenvalue weighted by atomic mass is 79.9. The summed E-state index contributed by atoms with van der Waals surface area (Å²) >= 11 is 12.4. The molecule has 1 aromatic carbocycles. The Balaban J connectivity index is 2.50. The van der Waals surface area contributed by atoms with E-state index < -0.39 is 28.6 Å². The first-order chi connectivity index (χ1) is 12.3. The minimum atomic E-state index is -1.16. The summed E-state index contributed by atoms with van der Waals surface area (Å²) in [6.07, 6.45) is 0. The predicted molar refractivity (Wildman–Crippen MR) is 97.6 cm³/mol. The van der Waals surface area contributed by atoms with E-state index in [-0.39, 0.29) is 33.2 Å². The highest BCUT2D eigenvalue weighted by molar-refractivity contribution is 9.13. The molecule has 0 unspecified atom stereocenters. The number of rotatable bonds is 3. The van der Waals surface area contributed by atoms with Crippen LogP contribution in [0.5, 0.6) is 0 Å². The lowest BCUT2D eigenvalue weighted by Gasteiger charge is -2.17. The third-order valence-electron chi connectivity index (χ3n) is 3.66. The van der Waals surface area contributed by atoms with Crippen molar-refractivity contribution in [2.75, 3.05) is 0 Å². The Morgan fingerprint density at radius 1 is 1.19 bits per heavy atom. The highest BCUT2D eigenvalue weighted by Gasteiger charge is 2.26. The second-order valence-electron chi connectivity index (χ2n) is 5.17. The quantitative estimate of drug-likeness (QED) is 0.447. The van der Waals surface area contributed by atoms with Gasteiger partial charge in [-0.3, -0.25) is 4.79 Å². The molecule has 3 rings (SSSR count). The van der Waals surface area contributed by atoms with Gasteiger partial charge in [-0.25, -0.2) is 13.2 Å². The average Bonchev–Trinajstić information content (AvgIpc) is 2.89. The number of pyridine rings is 1. The third-order valence-corrected chi connectivity index (χ3v) is 5.74. The molecule has 0 N–H and O–H groups in total. The van der Waals surface area contributed by atoms with Crippen LogP contribution in [0.1, 0.15) is 6.92 Å². The molecular weight excluding hydrogens is 504 g/mol. The van der Waals surface area contributed by atoms with Crippen LogP contribution in [0.3, 0.4) is 0 Å². The van der Waals surface area contributed by atoms with Gasteiger partial charge in [-0.15, -0.1) is 0 Å². The Bertz CT molecular complexity index is 1060. The third kappa shape index (κ3) is 3.12. The molecule has 0 spiro atoms. The maximum Gasteiger partial charge on any atom is 0.269 e. The van der Waals surface area contributed by atoms with Crippen molar-refractivity contribution in [2.45, 2.75) is 13.5 Å². The second-order valence-corrected chi connectivity index (χ2v) is 7.09. The molecule has 4 nitrogen and oxygen atoms in total. The molecule has 0 atom stereocenters. The Hall–Kier alpha value is -1.58. The van der Waals surface area contributed by atoms with Crippen molar-refractivity contribution in [1.82, 2.24) is 9.72 Å². The lowest BCUT2D eigenvalue weighted by atomic mass is 10.0. The molecule has 0 aliphatic rings. The van der Waals surface area contributed by atoms with Crippen molar-refractivity contribution in [2.24, 2.45) is 0 Å². The molecule has 0 bridgehead atoms. The normalized spacial score (nSPS) is 11.2. The summed E-state index contributed by atoms with van der Waals surface area (Å²) < 4.78 is 48.9. The number of aromatic nitrogens is 2. The molecule has 0 fully saturated rings. The van der Waals surface area contributed by atoms with Crippen molar-refractivity contribution in [3.05, 3.63) is 60.2 Å². The van der Waals surface area contributed by atoms with Gasteiger partial charge in [-0.1, -0.05) is 16.8 Å². The predicted octanol–water partition coefficient (Wildman–Crippen LogP) is 5.79. The summed E-state index contributed by atoms with van der Waals surface area (Å²) in [6.45, 7) is 1.67. The molecule has 3 aromatic rings. The zero-order chi connectivity index (χ0) is 19.2. The lowest BCUT2D eigenvalue weighted by molar-refractivity contribution is 0.401. The van der Waals surface area contributed by atoms with Crippen molar-refractivity contribution < 1.29 is 17.7 Å². The van der Waals surface area contributed by atoms with Crippen LogP contribution in [0.2, 0.25) is 5.02 Å². The smallest absolute Gasteiger partial charge is 0.269 e. The van der Waals surface area contributed by atoms with Gasteiger partial charge in [0.1, 0.15) is 32.6 Å². The van der Waals surface area contributed by atoms with E-state index in [1.165, 1.54) is 6.07 Å². The number of halogens is 6. The largest absolute Gasteiger partial charge is 0.347 e. The first kappa shape index (κ1) is 19.2. The summed E-state index contributed by atoms with van der Waals surface area (Å²) in [5.74, 6) is -3.40. The van der Waals surface area contributed by atoms with E-state index in [0.717, 1.165) is 4.57 Å². The monoisotopic (exact) mass is 510 g/mol. The molecule has 26 heavy (non-hydrogen) atoms. The van der Waals surface area contributed by atoms with Crippen LogP contribution in [0, 0.1) is 17.5 Å². The lowest BCUT2D eigenvalue weighted by Crippen LogP contribution is -2.23. The average molecular weight is 513 g/mol. The summed E-state index contributed by atoms with van der Waals surface area (Å²) in [7, 11) is 0. The molecule has 136 valence electrons. The van der Waals surface area contributed by atoms with E-state index in [0.29, 0.717) is 16.6 Å². The zero-order valence-corrected chi connectivity index (χ0v) is 16.8. The first-order valence-corrected chi connectivity index (χ1v) is 9.11. The second kappa shape index (κ2) is 7.21. The van der Waals surface area contributed by atoms with Crippen molar-refractivity contribution >= 4 is 43.5 Å². The molecular formula is C16H8Br2ClF3N2O2. The topological polar surface area (TPSA) is 48.0 Å². The van der Waals surface area contributed by atoms with Gasteiger partial charge in [-0.05, 0) is 44.8 Å². The molecule has 2 aromatic heterocycles. The number of hydrogen-bond acceptors (Lipinski definition) is 3. The van der Waals surface area contributed by atoms with Crippen LogP contribution in [0.4, 0.5) is 13.2 Å². The van der Waals surface area contributed by atoms with Crippen LogP contribution in [0.15, 0.2) is 36.7 Å². The highest BCUT2D eigenvalue weighted by Crippen LogP contribution is 2.40. The number of benzene rings is 1. The Morgan fingerprint density at radius 2 is 1.81 bits per heavy atom. The minimum Gasteiger partial charge on any atom is -0.347 e. The molecule has 0 aliphatic carbocycles. The number of hydrogen-bond donors (Lipinski definition) is 0. The Kier molecular flexibility index (Phi) is 5.32. The Morgan fingerprint density at radius 3 is 2.31 bits per heavy atom. The standard InChI is InChI=1S/C16H8Br2ClF3N2O2/c1-2-24-14(11-9(21)3-6(20)4-10(11)22)7(5-8(19)16(24)25)13-12(17)15(18)26-23-13/h3-5H,2H2,1H3. The number of nitrogens with zero attached hydrogens (tertiary/aromatic N) is 2. The van der Waals surface area contributed by atoms with Crippen molar-refractivity contribution in [3.63, 3.8) is 0 Å². The van der Waals surface area contributed by atoms with Crippen LogP contribution < -0.4 is 5.56 Å². The molecule has 2 heterocycles. The van der Waals surface area contributed by atoms with Gasteiger partial charge in [0.25, 0.3) is 5.56 Å². The molecule has 10 heteroatoms. The van der Waals surface area contributed by atoms with Gasteiger partial charge in [0, 0.05) is 24.2 Å². The zero-order valence-electron chi connectivity index (χ0n) is 12.9. The minimum absolute atomic E-state index is 0.0641. The van der Waals surface area contributed by atoms with Gasteiger partial charge < -0.3 is 9.09 Å². The van der Waals surface area contributed by atoms with E-state index in [9.17, 15) is 18.0 Å². The van der Waals surface area contributed by atoms with Crippen LogP contribution >= 0.6 is 43.5 Å². The summed E-state index contributed by atoms with van der Waals surface area (Å²) in [5.41, 5.74) is -1.03. The molecule has 0 saturated carbocycles. The van der Waals surface area contributed by atoms with Crippen molar-refractivity contribution in [1.29, 1.82) is 0 Å². The molecule has 0 aliphatic heterocycles. The van der Waals surface area contributed by atoms with E-state index in [1.807, 2.05) is 0 Å². The SMILES string of the molecule is CCn1c(-c2c(F)cc(F)cc2F)c(-c2noc(Br)c2Br)cc(Cl)c1=O. The molecule has 0 amide bonds. The van der Waals surface area contributed by atoms with E-state index in [2.05, 4.69) is 37.0 Å². The van der Waals surface area contributed by atoms with Gasteiger partial charge in [0.2, 0.25) is 4.67 Å². The summed E-state index contributed by atoms with van der Waals surface area (Å²) in [4.78, 5) is 12.4. The summed E-state index contributed by atoms with van der Waals surface area (Å²) in [5, 5.41) is 3.67. The Labute approximate surface area is 166 Å². The maximum atomic E-state index is 14.5. The van der Waals surface area contributed by atoms with Gasteiger partial charge in [0.05, 0.1) is 11.3 Å². The van der Waals surface area contributed by atoms with Crippen LogP contribution in [-0.2, 0) is 6.54 Å². The van der Waals surface area contributed by atoms with E-state index in [4.69, 9.17) is 16.1 Å². The van der Waals surface area contributed by atoms with Crippen LogP contribution in [0.25, 0.3) is 22.5 Å². The molecule has 0 radical (unpaired) electrons. The summed E-state index contributed by atoms with van der Waals surface area (Å²) in [6, 6.07) is 2.31. The van der Waals surface area contributed by atoms with Gasteiger partial charge in [-0.2, -0.15) is 0 Å². The maximum absolute atomic E-state index is 14.5. The van der Waals surface area contributed by atoms with Crippen LogP contribution in [-0.4, -0.2) is 9.72 Å². The van der Waals surface area contributed by atoms with Gasteiger partial charge in [0.15, 0.2) is 0 Å². The van der Waals surface area contributed by atoms with E-state index >= 15 is 0 Å². The fraction of sp³-hybridized carbons (Fsp3) is 0.125. The van der Waals surface area contributed by atoms with Crippen molar-refractivity contribution in [3.8, 4) is 22.5 Å². The van der Waals surface area contributed by atoms with Gasteiger partial charge >= 0.3 is 0 Å². The first-order valence-electron chi connectivity index (χ1n) is 7.15. The van der Waals surface area contributed by atoms with E-state index in [1.54, 1.807) is 6.92 Å². The fourth-order valence-corrected chi connectivity index (χ4v) is 3.41.